The van der Waals surface area contributed by atoms with Crippen LogP contribution in [0.3, 0.4) is 0 Å². The zero-order chi connectivity index (χ0) is 75.0. The molecule has 0 aliphatic rings. The van der Waals surface area contributed by atoms with Gasteiger partial charge in [-0.05, 0) is 235 Å². The van der Waals surface area contributed by atoms with Crippen molar-refractivity contribution in [1.29, 1.82) is 0 Å². The molecule has 12 nitrogen and oxygen atoms in total. The SMILES string of the molecule is CCCCCCCCCCOC(=O)c1cc(N)cc(NCc2cc3cc(CNc4cc(NCc5cc6cc(CNc7cc(N)cc(C(=O)OCCCCCCCCCC)c7)c7cccc(C)c7c6c6c(C)cccc56)cc(C(=O)OCCCCCCCCCC)c4)c4cccc(C)c4c3c3c(C)cccc23)c1. The summed E-state index contributed by atoms with van der Waals surface area (Å²) in [5.41, 5.74) is 27.6. The lowest BCUT2D eigenvalue weighted by molar-refractivity contribution is 0.0488. The van der Waals surface area contributed by atoms with Gasteiger partial charge in [0, 0.05) is 60.3 Å². The van der Waals surface area contributed by atoms with Crippen molar-refractivity contribution < 1.29 is 28.6 Å². The molecule has 562 valence electrons. The largest absolute Gasteiger partial charge is 0.462 e. The van der Waals surface area contributed by atoms with E-state index < -0.39 is 0 Å². The van der Waals surface area contributed by atoms with Gasteiger partial charge in [0.25, 0.3) is 0 Å². The molecule has 11 aromatic carbocycles. The zero-order valence-electron chi connectivity index (χ0n) is 65.0. The van der Waals surface area contributed by atoms with Crippen molar-refractivity contribution in [3.8, 4) is 0 Å². The molecule has 0 radical (unpaired) electrons. The van der Waals surface area contributed by atoms with Crippen molar-refractivity contribution in [2.24, 2.45) is 0 Å². The van der Waals surface area contributed by atoms with Crippen LogP contribution in [0.15, 0.2) is 152 Å². The van der Waals surface area contributed by atoms with Gasteiger partial charge in [-0.2, -0.15) is 0 Å². The number of fused-ring (bicyclic) bond motifs is 10. The number of aryl methyl sites for hydroxylation is 4. The smallest absolute Gasteiger partial charge is 0.338 e. The van der Waals surface area contributed by atoms with Crippen LogP contribution in [0.1, 0.15) is 250 Å². The van der Waals surface area contributed by atoms with E-state index in [1.807, 2.05) is 36.4 Å². The molecule has 107 heavy (non-hydrogen) atoms. The van der Waals surface area contributed by atoms with Gasteiger partial charge >= 0.3 is 17.9 Å². The number of nitrogens with two attached hydrogens (primary N) is 2. The van der Waals surface area contributed by atoms with Gasteiger partial charge in [-0.1, -0.05) is 228 Å². The van der Waals surface area contributed by atoms with E-state index in [1.54, 1.807) is 12.1 Å². The Hall–Kier alpha value is -9.81. The first-order valence-corrected chi connectivity index (χ1v) is 40.3. The summed E-state index contributed by atoms with van der Waals surface area (Å²) < 4.78 is 17.7. The van der Waals surface area contributed by atoms with E-state index in [0.29, 0.717) is 74.1 Å². The molecule has 0 aliphatic heterocycles. The van der Waals surface area contributed by atoms with Crippen LogP contribution >= 0.6 is 0 Å². The first-order chi connectivity index (χ1) is 52.2. The molecule has 0 saturated carbocycles. The maximum atomic E-state index is 14.4. The van der Waals surface area contributed by atoms with Crippen LogP contribution in [0.2, 0.25) is 0 Å². The lowest BCUT2D eigenvalue weighted by Gasteiger charge is -2.20. The lowest BCUT2D eigenvalue weighted by Crippen LogP contribution is -2.10. The van der Waals surface area contributed by atoms with Gasteiger partial charge in [0.15, 0.2) is 0 Å². The Kier molecular flexibility index (Phi) is 28.6. The Morgan fingerprint density at radius 1 is 0.290 bits per heavy atom. The molecule has 0 unspecified atom stereocenters. The summed E-state index contributed by atoms with van der Waals surface area (Å²) in [6.07, 6.45) is 27.9. The number of unbranched alkanes of at least 4 members (excludes halogenated alkanes) is 21. The molecule has 0 aromatic heterocycles. The van der Waals surface area contributed by atoms with Gasteiger partial charge in [-0.3, -0.25) is 0 Å². The van der Waals surface area contributed by atoms with Gasteiger partial charge in [0.1, 0.15) is 0 Å². The zero-order valence-corrected chi connectivity index (χ0v) is 65.0. The van der Waals surface area contributed by atoms with E-state index in [4.69, 9.17) is 25.7 Å². The second kappa shape index (κ2) is 39.2. The highest BCUT2D eigenvalue weighted by Gasteiger charge is 2.21. The fourth-order valence-electron chi connectivity index (χ4n) is 15.8. The van der Waals surface area contributed by atoms with E-state index in [0.717, 1.165) is 135 Å². The Balaban J connectivity index is 0.867. The van der Waals surface area contributed by atoms with Crippen molar-refractivity contribution in [2.45, 2.75) is 229 Å². The summed E-state index contributed by atoms with van der Waals surface area (Å²) in [6.45, 7) is 18.6. The van der Waals surface area contributed by atoms with Crippen LogP contribution in [-0.2, 0) is 40.4 Å². The number of esters is 3. The number of benzene rings is 11. The minimum Gasteiger partial charge on any atom is -0.462 e. The van der Waals surface area contributed by atoms with E-state index in [1.165, 1.54) is 151 Å². The number of carbonyl (C=O) groups excluding carboxylic acids is 3. The maximum absolute atomic E-state index is 14.4. The number of carbonyl (C=O) groups is 3. The predicted octanol–water partition coefficient (Wildman–Crippen LogP) is 25.3. The monoisotopic (exact) mass is 1440 g/mol. The third kappa shape index (κ3) is 20.7. The molecule has 11 aromatic rings. The van der Waals surface area contributed by atoms with Gasteiger partial charge < -0.3 is 46.9 Å². The Labute approximate surface area is 635 Å². The average Bonchev–Trinajstić information content (AvgIpc) is 0.735. The maximum Gasteiger partial charge on any atom is 0.338 e. The van der Waals surface area contributed by atoms with E-state index in [-0.39, 0.29) is 17.9 Å². The van der Waals surface area contributed by atoms with Crippen LogP contribution in [0, 0.1) is 27.7 Å². The molecule has 0 bridgehead atoms. The number of nitrogen functional groups attached to an aromatic ring is 2. The topological polar surface area (TPSA) is 179 Å². The second-order valence-electron chi connectivity index (χ2n) is 30.1. The van der Waals surface area contributed by atoms with Gasteiger partial charge in [0.05, 0.1) is 36.5 Å². The van der Waals surface area contributed by atoms with Gasteiger partial charge in [0.2, 0.25) is 0 Å². The number of rotatable bonds is 42. The standard InChI is InChI=1S/C95H116N6O6/c1-8-11-14-17-20-23-26-29-44-105-93(102)70-51-77(96)57-79(53-70)98-60-73-47-68-49-75(85-42-34-38-66(6)89(85)91(68)87-64(4)36-32-40-83(73)87)62-100-81-55-72(95(104)107-46-31-28-25-22-19-16-13-10-3)56-82(59-81)101-63-76-50-69-48-74(84-41-33-37-65(5)88(84)92(69)90-67(7)39-35-43-86(76)90)61-99-80-54-71(52-78(97)58-80)94(103)106-45-30-27-24-21-18-15-12-9-2/h32-43,47-59,98-101H,8-31,44-46,60-63,96-97H2,1-7H3. The average molecular weight is 1440 g/mol. The van der Waals surface area contributed by atoms with Crippen LogP contribution in [0.4, 0.5) is 34.1 Å². The number of ether oxygens (including phenoxy) is 3. The molecule has 0 saturated heterocycles. The van der Waals surface area contributed by atoms with Crippen molar-refractivity contribution in [3.05, 3.63) is 213 Å². The highest BCUT2D eigenvalue weighted by Crippen LogP contribution is 2.42. The van der Waals surface area contributed by atoms with Gasteiger partial charge in [-0.25, -0.2) is 14.4 Å². The minimum atomic E-state index is -0.363. The van der Waals surface area contributed by atoms with E-state index >= 15 is 0 Å². The quantitative estimate of drug-likeness (QED) is 0.00702. The van der Waals surface area contributed by atoms with Crippen molar-refractivity contribution >= 4 is 117 Å². The first kappa shape index (κ1) is 78.3. The molecule has 0 fully saturated rings. The Morgan fingerprint density at radius 3 is 0.804 bits per heavy atom. The summed E-state index contributed by atoms with van der Waals surface area (Å²) in [5.74, 6) is -1.08. The molecule has 11 rings (SSSR count). The molecule has 0 spiro atoms. The normalized spacial score (nSPS) is 11.5. The third-order valence-electron chi connectivity index (χ3n) is 21.5. The summed E-state index contributed by atoms with van der Waals surface area (Å²) >= 11 is 0. The van der Waals surface area contributed by atoms with Crippen LogP contribution in [0.25, 0.3) is 64.6 Å². The number of anilines is 6. The highest BCUT2D eigenvalue weighted by molar-refractivity contribution is 6.25. The third-order valence-corrected chi connectivity index (χ3v) is 21.5. The highest BCUT2D eigenvalue weighted by atomic mass is 16.5. The molecule has 0 aliphatic carbocycles. The fourth-order valence-corrected chi connectivity index (χ4v) is 15.8. The molecule has 12 heteroatoms. The predicted molar refractivity (Wildman–Crippen MR) is 453 cm³/mol. The van der Waals surface area contributed by atoms with Gasteiger partial charge in [-0.15, -0.1) is 0 Å². The number of hydrogen-bond donors (Lipinski definition) is 6. The molecule has 0 heterocycles. The van der Waals surface area contributed by atoms with Crippen LogP contribution < -0.4 is 32.7 Å². The summed E-state index contributed by atoms with van der Waals surface area (Å²) in [7, 11) is 0. The van der Waals surface area contributed by atoms with E-state index in [9.17, 15) is 14.4 Å². The Morgan fingerprint density at radius 2 is 0.533 bits per heavy atom. The lowest BCUT2D eigenvalue weighted by atomic mass is 9.87. The molecular formula is C95H116N6O6. The van der Waals surface area contributed by atoms with Crippen molar-refractivity contribution in [1.82, 2.24) is 0 Å². The molecule has 0 amide bonds. The van der Waals surface area contributed by atoms with E-state index in [2.05, 4.69) is 173 Å². The minimum absolute atomic E-state index is 0.350. The van der Waals surface area contributed by atoms with Crippen molar-refractivity contribution in [2.75, 3.05) is 52.6 Å². The van der Waals surface area contributed by atoms with Crippen LogP contribution in [-0.4, -0.2) is 37.7 Å². The molecular weight excluding hydrogens is 1320 g/mol. The summed E-state index contributed by atoms with van der Waals surface area (Å²) in [5, 5.41) is 29.1. The first-order valence-electron chi connectivity index (χ1n) is 40.3. The fraction of sp³-hybridized carbons (Fsp3) is 0.400. The second-order valence-corrected chi connectivity index (χ2v) is 30.1. The Bertz CT molecular complexity index is 4600. The summed E-state index contributed by atoms with van der Waals surface area (Å²) in [6, 6.07) is 52.3. The number of nitrogens with one attached hydrogen (secondary N) is 4. The van der Waals surface area contributed by atoms with Crippen LogP contribution in [0.5, 0.6) is 0 Å². The molecule has 8 N–H and O–H groups in total. The van der Waals surface area contributed by atoms with Crippen molar-refractivity contribution in [3.63, 3.8) is 0 Å². The molecule has 0 atom stereocenters. The summed E-state index contributed by atoms with van der Waals surface area (Å²) in [4.78, 5) is 41.3. The number of hydrogen-bond acceptors (Lipinski definition) is 12.